The average molecular weight is 1530 g/mol. The van der Waals surface area contributed by atoms with E-state index in [0.717, 1.165) is 174 Å². The summed E-state index contributed by atoms with van der Waals surface area (Å²) in [5.74, 6) is 21.7. The number of hydrogen-bond donors (Lipinski definition) is 0. The standard InChI is InChI=1S/C12H24.C10H17F3.C10H17N.4C10H20.C9H17Br.C9H17NO2.5CH4/c1-8(2)12-10(4)6-9(3)7-11(12)5;1-7(2)8-3-5-9(6-4-8)10(11,12)13;1-8(2)10-5-3-9(7-11)4-6-10;1-8(2)10-6-4-9(3)5-7-10;3*1-8(2)10-6-4-5-9(3)7-10;1-7(2)8-3-5-9(10)6-4-8;1-7(2)8-4-3-5-9(6-8)10(11)12;;;;;/h8-12H,6-7H2,1-5H3;7-9H,3-6H2,1-2H3;8-10H,3-6H2,1-2H3;4*8-10H,4-7H2,1-3H3;7-9H,3-6H2,1-2H3;7-9H,3-6H2,1-2H3;5*1H4. The molecule has 8 heteroatoms. The third-order valence-corrected chi connectivity index (χ3v) is 28.0. The summed E-state index contributed by atoms with van der Waals surface area (Å²) in [4.78, 5) is 11.2. The maximum atomic E-state index is 12.3. The summed E-state index contributed by atoms with van der Waals surface area (Å²) >= 11 is 3.66. The molecule has 0 saturated heterocycles. The highest BCUT2D eigenvalue weighted by atomic mass is 79.9. The van der Waals surface area contributed by atoms with Gasteiger partial charge in [-0.25, -0.2) is 0 Å². The fourth-order valence-electron chi connectivity index (χ4n) is 19.5. The quantitative estimate of drug-likeness (QED) is 0.124. The van der Waals surface area contributed by atoms with Crippen molar-refractivity contribution in [2.24, 2.45) is 160 Å². The van der Waals surface area contributed by atoms with Crippen LogP contribution >= 0.6 is 15.9 Å². The lowest BCUT2D eigenvalue weighted by Crippen LogP contribution is -2.32. The van der Waals surface area contributed by atoms with Crippen molar-refractivity contribution in [3.8, 4) is 6.07 Å². The minimum Gasteiger partial charge on any atom is -0.264 e. The highest BCUT2D eigenvalue weighted by Gasteiger charge is 2.42. The third kappa shape index (κ3) is 48.5. The number of nitriles is 1. The van der Waals surface area contributed by atoms with Gasteiger partial charge in [-0.3, -0.25) is 10.1 Å². The monoisotopic (exact) mass is 1530 g/mol. The largest absolute Gasteiger partial charge is 0.391 e. The Balaban J connectivity index is -0.000000348. The van der Waals surface area contributed by atoms with Crippen molar-refractivity contribution in [3.05, 3.63) is 10.1 Å². The number of alkyl halides is 4. The number of nitro groups is 1. The maximum Gasteiger partial charge on any atom is 0.391 e. The predicted octanol–water partition coefficient (Wildman–Crippen LogP) is 34.1. The molecule has 0 heterocycles. The van der Waals surface area contributed by atoms with Crippen LogP contribution in [0.15, 0.2) is 0 Å². The Hall–Kier alpha value is -0.840. The van der Waals surface area contributed by atoms with Gasteiger partial charge in [0.2, 0.25) is 6.04 Å². The van der Waals surface area contributed by atoms with Gasteiger partial charge in [-0.05, 0) is 283 Å². The Kier molecular flexibility index (Phi) is 64.4. The van der Waals surface area contributed by atoms with E-state index in [1.54, 1.807) is 0 Å². The molecule has 9 aliphatic carbocycles. The lowest BCUT2D eigenvalue weighted by atomic mass is 9.65. The molecule has 10 unspecified atom stereocenters. The van der Waals surface area contributed by atoms with Gasteiger partial charge in [0.15, 0.2) is 0 Å². The van der Waals surface area contributed by atoms with E-state index in [-0.39, 0.29) is 48.1 Å². The Morgan fingerprint density at radius 2 is 0.612 bits per heavy atom. The first-order valence-corrected chi connectivity index (χ1v) is 43.9. The fraction of sp³-hybridized carbons (Fsp3) is 0.989. The summed E-state index contributed by atoms with van der Waals surface area (Å²) in [5.41, 5.74) is 0. The summed E-state index contributed by atoms with van der Waals surface area (Å²) in [6.45, 7) is 58.3. The van der Waals surface area contributed by atoms with Gasteiger partial charge < -0.3 is 0 Å². The molecule has 9 rings (SSSR count). The van der Waals surface area contributed by atoms with E-state index < -0.39 is 12.1 Å². The highest BCUT2D eigenvalue weighted by Crippen LogP contribution is 2.44. The van der Waals surface area contributed by atoms with Crippen LogP contribution < -0.4 is 0 Å². The van der Waals surface area contributed by atoms with Crippen molar-refractivity contribution in [3.63, 3.8) is 0 Å². The van der Waals surface area contributed by atoms with E-state index in [1.165, 1.54) is 161 Å². The second-order valence-corrected chi connectivity index (χ2v) is 40.0. The van der Waals surface area contributed by atoms with Crippen LogP contribution in [0.3, 0.4) is 0 Å². The summed E-state index contributed by atoms with van der Waals surface area (Å²) in [6.07, 6.45) is 39.1. The van der Waals surface area contributed by atoms with Crippen LogP contribution in [0.2, 0.25) is 0 Å². The average Bonchev–Trinajstić information content (AvgIpc) is 0.845. The van der Waals surface area contributed by atoms with E-state index in [4.69, 9.17) is 5.26 Å². The highest BCUT2D eigenvalue weighted by molar-refractivity contribution is 9.09. The zero-order chi connectivity index (χ0) is 74.6. The first kappa shape index (κ1) is 111. The SMILES string of the molecule is C.C.C.C.C.CC(C)C1CCC(Br)CC1.CC(C)C1CCC(C#N)CC1.CC(C)C1CCC(C(F)(F)F)CC1.CC(C)C1CCCC([N+](=O)[O-])C1.CC1CC(C)C(C(C)C)C(C)C1.CC1CCC(C(C)C)CC1.CC1CCCC(C(C)C)C1.CC1CCCC(C(C)C)C1.CC1CCCC(C(C)C)C1. The Bertz CT molecular complexity index is 1860. The topological polar surface area (TPSA) is 66.9 Å². The molecule has 10 atom stereocenters. The second-order valence-electron chi connectivity index (χ2n) is 38.7. The lowest BCUT2D eigenvalue weighted by Gasteiger charge is -2.40. The van der Waals surface area contributed by atoms with E-state index >= 15 is 0 Å². The van der Waals surface area contributed by atoms with Gasteiger partial charge in [-0.15, -0.1) is 0 Å². The van der Waals surface area contributed by atoms with E-state index in [0.29, 0.717) is 42.4 Å². The normalized spacial score (nSPS) is 32.8. The van der Waals surface area contributed by atoms with Crippen molar-refractivity contribution in [2.45, 2.75) is 446 Å². The Labute approximate surface area is 656 Å². The molecule has 9 fully saturated rings. The molecule has 4 nitrogen and oxygen atoms in total. The molecular weight excluding hydrogens is 1340 g/mol. The van der Waals surface area contributed by atoms with Gasteiger partial charge in [-0.1, -0.05) is 297 Å². The van der Waals surface area contributed by atoms with Gasteiger partial charge in [0.25, 0.3) is 0 Å². The first-order valence-electron chi connectivity index (χ1n) is 43.0. The van der Waals surface area contributed by atoms with Crippen molar-refractivity contribution in [1.29, 1.82) is 5.26 Å². The van der Waals surface area contributed by atoms with Crippen molar-refractivity contribution in [1.82, 2.24) is 0 Å². The number of rotatable bonds is 10. The van der Waals surface area contributed by atoms with Crippen molar-refractivity contribution in [2.75, 3.05) is 0 Å². The van der Waals surface area contributed by atoms with Crippen LogP contribution in [0.1, 0.15) is 429 Å². The minimum absolute atomic E-state index is 0. The molecule has 0 spiro atoms. The molecule has 0 radical (unpaired) electrons. The van der Waals surface area contributed by atoms with Crippen molar-refractivity contribution >= 4 is 15.9 Å². The van der Waals surface area contributed by atoms with Crippen LogP contribution in [-0.4, -0.2) is 22.0 Å². The van der Waals surface area contributed by atoms with Gasteiger partial charge in [0, 0.05) is 28.5 Å². The number of hydrogen-bond acceptors (Lipinski definition) is 3. The van der Waals surface area contributed by atoms with Gasteiger partial charge in [-0.2, -0.15) is 18.4 Å². The smallest absolute Gasteiger partial charge is 0.264 e. The Morgan fingerprint density at radius 3 is 0.864 bits per heavy atom. The van der Waals surface area contributed by atoms with Gasteiger partial charge >= 0.3 is 6.18 Å². The summed E-state index contributed by atoms with van der Waals surface area (Å²) < 4.78 is 36.8. The third-order valence-electron chi connectivity index (χ3n) is 27.0. The van der Waals surface area contributed by atoms with Crippen LogP contribution in [0, 0.1) is 181 Å². The minimum atomic E-state index is -3.96. The van der Waals surface area contributed by atoms with Crippen LogP contribution in [0.25, 0.3) is 0 Å². The lowest BCUT2D eigenvalue weighted by molar-refractivity contribution is -0.528. The molecule has 0 aromatic rings. The van der Waals surface area contributed by atoms with E-state index in [2.05, 4.69) is 195 Å². The molecule has 0 bridgehead atoms. The number of halogens is 4. The predicted molar refractivity (Wildman–Crippen MR) is 462 cm³/mol. The molecule has 0 aliphatic heterocycles. The summed E-state index contributed by atoms with van der Waals surface area (Å²) in [5, 5.41) is 19.2. The van der Waals surface area contributed by atoms with Crippen LogP contribution in [-0.2, 0) is 0 Å². The maximum absolute atomic E-state index is 12.3. The molecule has 9 aliphatic rings. The van der Waals surface area contributed by atoms with Crippen molar-refractivity contribution < 1.29 is 18.1 Å². The molecule has 0 amide bonds. The molecule has 103 heavy (non-hydrogen) atoms. The second kappa shape index (κ2) is 59.9. The van der Waals surface area contributed by atoms with Crippen LogP contribution in [0.4, 0.5) is 13.2 Å². The molecular formula is C95H192BrF3N2O2. The summed E-state index contributed by atoms with van der Waals surface area (Å²) in [6, 6.07) is 2.11. The molecule has 0 N–H and O–H groups in total. The zero-order valence-corrected chi connectivity index (χ0v) is 71.6. The van der Waals surface area contributed by atoms with Crippen LogP contribution in [0.5, 0.6) is 0 Å². The molecule has 0 aromatic carbocycles. The molecule has 9 saturated carbocycles. The van der Waals surface area contributed by atoms with E-state index in [9.17, 15) is 23.3 Å². The van der Waals surface area contributed by atoms with Gasteiger partial charge in [0.05, 0.1) is 12.0 Å². The van der Waals surface area contributed by atoms with Gasteiger partial charge in [0.1, 0.15) is 0 Å². The van der Waals surface area contributed by atoms with E-state index in [1.807, 2.05) is 0 Å². The number of nitrogens with zero attached hydrogens (tertiary/aromatic N) is 2. The molecule has 0 aromatic heterocycles. The fourth-order valence-corrected chi connectivity index (χ4v) is 20.1. The molecule has 622 valence electrons. The zero-order valence-electron chi connectivity index (χ0n) is 70.0. The first-order chi connectivity index (χ1) is 45.8. The summed E-state index contributed by atoms with van der Waals surface area (Å²) in [7, 11) is 0. The Morgan fingerprint density at radius 1 is 0.340 bits per heavy atom.